The number of hydrogen-bond donors (Lipinski definition) is 0. The van der Waals surface area contributed by atoms with Gasteiger partial charge < -0.3 is 4.74 Å². The van der Waals surface area contributed by atoms with Gasteiger partial charge in [-0.15, -0.1) is 0 Å². The van der Waals surface area contributed by atoms with Crippen molar-refractivity contribution in [1.82, 2.24) is 24.1 Å². The Bertz CT molecular complexity index is 852. The molecule has 4 rings (SSSR count). The first-order chi connectivity index (χ1) is 10.6. The van der Waals surface area contributed by atoms with Crippen molar-refractivity contribution in [3.8, 4) is 11.5 Å². The van der Waals surface area contributed by atoms with E-state index in [1.54, 1.807) is 23.7 Å². The molecule has 3 aromatic heterocycles. The van der Waals surface area contributed by atoms with Crippen molar-refractivity contribution in [2.45, 2.75) is 19.4 Å². The lowest BCUT2D eigenvalue weighted by atomic mass is 10.2. The van der Waals surface area contributed by atoms with E-state index in [1.165, 1.54) is 10.6 Å². The summed E-state index contributed by atoms with van der Waals surface area (Å²) in [6, 6.07) is 3.40. The molecule has 0 bridgehead atoms. The van der Waals surface area contributed by atoms with Crippen LogP contribution in [0.3, 0.4) is 0 Å². The van der Waals surface area contributed by atoms with Gasteiger partial charge in [0.25, 0.3) is 0 Å². The highest BCUT2D eigenvalue weighted by Gasteiger charge is 2.26. The monoisotopic (exact) mass is 321 g/mol. The van der Waals surface area contributed by atoms with Crippen molar-refractivity contribution < 1.29 is 9.13 Å². The number of aryl methyl sites for hydroxylation is 1. The van der Waals surface area contributed by atoms with Gasteiger partial charge >= 0.3 is 0 Å². The van der Waals surface area contributed by atoms with Gasteiger partial charge in [0, 0.05) is 12.8 Å². The van der Waals surface area contributed by atoms with Gasteiger partial charge in [-0.3, -0.25) is 4.40 Å². The number of pyridine rings is 1. The third-order valence-corrected chi connectivity index (χ3v) is 3.95. The number of hydrogen-bond acceptors (Lipinski definition) is 4. The summed E-state index contributed by atoms with van der Waals surface area (Å²) in [5, 5.41) is 4.82. The van der Waals surface area contributed by atoms with E-state index in [0.717, 1.165) is 6.42 Å². The molecule has 1 fully saturated rings. The van der Waals surface area contributed by atoms with E-state index in [9.17, 15) is 4.39 Å². The molecular weight excluding hydrogens is 309 g/mol. The molecule has 4 heterocycles. The summed E-state index contributed by atoms with van der Waals surface area (Å²) in [6.45, 7) is 3.00. The summed E-state index contributed by atoms with van der Waals surface area (Å²) in [5.74, 6) is 0.506. The van der Waals surface area contributed by atoms with Crippen molar-refractivity contribution in [1.29, 1.82) is 0 Å². The van der Waals surface area contributed by atoms with E-state index in [4.69, 9.17) is 16.3 Å². The number of ether oxygens (including phenoxy) is 1. The Labute approximate surface area is 130 Å². The molecule has 0 spiro atoms. The average Bonchev–Trinajstić information content (AvgIpc) is 3.19. The fourth-order valence-electron chi connectivity index (χ4n) is 2.69. The fourth-order valence-corrected chi connectivity index (χ4v) is 2.85. The molecule has 1 saturated heterocycles. The minimum Gasteiger partial charge on any atom is -0.379 e. The standard InChI is InChI=1S/C14H13ClFN5O/c1-8-17-14(21(19-8)10-4-5-22-7-10)12-13(16)20-6-9(15)2-3-11(20)18-12/h2-3,6,10H,4-5,7H2,1H3. The molecule has 0 aromatic carbocycles. The van der Waals surface area contributed by atoms with E-state index < -0.39 is 5.95 Å². The van der Waals surface area contributed by atoms with Crippen LogP contribution in [0.25, 0.3) is 17.2 Å². The molecule has 22 heavy (non-hydrogen) atoms. The summed E-state index contributed by atoms with van der Waals surface area (Å²) >= 11 is 5.92. The van der Waals surface area contributed by atoms with Crippen LogP contribution in [0.2, 0.25) is 5.02 Å². The van der Waals surface area contributed by atoms with E-state index >= 15 is 0 Å². The van der Waals surface area contributed by atoms with Gasteiger partial charge in [0.2, 0.25) is 5.95 Å². The summed E-state index contributed by atoms with van der Waals surface area (Å²) in [4.78, 5) is 8.69. The molecule has 0 N–H and O–H groups in total. The zero-order valence-corrected chi connectivity index (χ0v) is 12.6. The normalized spacial score (nSPS) is 18.4. The summed E-state index contributed by atoms with van der Waals surface area (Å²) in [5.41, 5.74) is 0.654. The minimum absolute atomic E-state index is 0.0593. The highest BCUT2D eigenvalue weighted by Crippen LogP contribution is 2.28. The van der Waals surface area contributed by atoms with E-state index in [0.29, 0.717) is 35.5 Å². The summed E-state index contributed by atoms with van der Waals surface area (Å²) in [7, 11) is 0. The Hall–Kier alpha value is -1.99. The largest absolute Gasteiger partial charge is 0.379 e. The van der Waals surface area contributed by atoms with Crippen LogP contribution in [0.5, 0.6) is 0 Å². The molecule has 1 unspecified atom stereocenters. The third-order valence-electron chi connectivity index (χ3n) is 3.72. The fraction of sp³-hybridized carbons (Fsp3) is 0.357. The molecule has 1 atom stereocenters. The van der Waals surface area contributed by atoms with Crippen molar-refractivity contribution in [2.75, 3.05) is 13.2 Å². The van der Waals surface area contributed by atoms with Crippen molar-refractivity contribution in [2.24, 2.45) is 0 Å². The third kappa shape index (κ3) is 2.08. The van der Waals surface area contributed by atoms with Gasteiger partial charge in [-0.05, 0) is 25.5 Å². The smallest absolute Gasteiger partial charge is 0.229 e. The Morgan fingerprint density at radius 1 is 1.36 bits per heavy atom. The number of nitrogens with zero attached hydrogens (tertiary/aromatic N) is 5. The number of rotatable bonds is 2. The SMILES string of the molecule is Cc1nc(-c2nc3ccc(Cl)cn3c2F)n(C2CCOC2)n1. The molecule has 0 radical (unpaired) electrons. The Morgan fingerprint density at radius 2 is 2.23 bits per heavy atom. The van der Waals surface area contributed by atoms with Crippen LogP contribution in [0.15, 0.2) is 18.3 Å². The lowest BCUT2D eigenvalue weighted by molar-refractivity contribution is 0.184. The lowest BCUT2D eigenvalue weighted by Crippen LogP contribution is -2.12. The van der Waals surface area contributed by atoms with Crippen molar-refractivity contribution in [3.63, 3.8) is 0 Å². The maximum atomic E-state index is 14.7. The van der Waals surface area contributed by atoms with Crippen LogP contribution in [0, 0.1) is 12.9 Å². The molecule has 0 aliphatic carbocycles. The average molecular weight is 322 g/mol. The second kappa shape index (κ2) is 5.03. The maximum Gasteiger partial charge on any atom is 0.229 e. The van der Waals surface area contributed by atoms with E-state index in [1.807, 2.05) is 0 Å². The van der Waals surface area contributed by atoms with Crippen LogP contribution in [0.4, 0.5) is 4.39 Å². The molecule has 1 aliphatic heterocycles. The zero-order valence-electron chi connectivity index (χ0n) is 11.8. The van der Waals surface area contributed by atoms with Crippen LogP contribution in [-0.4, -0.2) is 37.4 Å². The maximum absolute atomic E-state index is 14.7. The number of fused-ring (bicyclic) bond motifs is 1. The summed E-state index contributed by atoms with van der Waals surface area (Å²) in [6.07, 6.45) is 2.32. The number of aromatic nitrogens is 5. The highest BCUT2D eigenvalue weighted by molar-refractivity contribution is 6.30. The van der Waals surface area contributed by atoms with Gasteiger partial charge in [0.05, 0.1) is 17.7 Å². The molecule has 0 amide bonds. The summed E-state index contributed by atoms with van der Waals surface area (Å²) < 4.78 is 23.1. The molecular formula is C14H13ClFN5O. The number of halogens is 2. The molecule has 0 saturated carbocycles. The van der Waals surface area contributed by atoms with Gasteiger partial charge in [-0.1, -0.05) is 11.6 Å². The minimum atomic E-state index is -0.495. The Morgan fingerprint density at radius 3 is 3.00 bits per heavy atom. The van der Waals surface area contributed by atoms with E-state index in [-0.39, 0.29) is 11.7 Å². The second-order valence-corrected chi connectivity index (χ2v) is 5.71. The molecule has 3 aromatic rings. The first-order valence-electron chi connectivity index (χ1n) is 6.98. The van der Waals surface area contributed by atoms with Gasteiger partial charge in [0.15, 0.2) is 11.5 Å². The van der Waals surface area contributed by atoms with E-state index in [2.05, 4.69) is 15.1 Å². The topological polar surface area (TPSA) is 57.2 Å². The zero-order chi connectivity index (χ0) is 15.3. The number of imidazole rings is 1. The van der Waals surface area contributed by atoms with Crippen LogP contribution in [0.1, 0.15) is 18.3 Å². The highest BCUT2D eigenvalue weighted by atomic mass is 35.5. The predicted molar refractivity (Wildman–Crippen MR) is 78.4 cm³/mol. The van der Waals surface area contributed by atoms with Crippen molar-refractivity contribution >= 4 is 17.2 Å². The second-order valence-electron chi connectivity index (χ2n) is 5.27. The Kier molecular flexibility index (Phi) is 3.12. The van der Waals surface area contributed by atoms with Crippen LogP contribution < -0.4 is 0 Å². The first kappa shape index (κ1) is 13.7. The molecule has 6 nitrogen and oxygen atoms in total. The van der Waals surface area contributed by atoms with Gasteiger partial charge in [-0.25, -0.2) is 14.6 Å². The predicted octanol–water partition coefficient (Wildman–Crippen LogP) is 2.66. The molecule has 8 heteroatoms. The van der Waals surface area contributed by atoms with Gasteiger partial charge in [-0.2, -0.15) is 9.49 Å². The Balaban J connectivity index is 1.90. The molecule has 114 valence electrons. The van der Waals surface area contributed by atoms with Crippen LogP contribution in [-0.2, 0) is 4.74 Å². The van der Waals surface area contributed by atoms with Crippen molar-refractivity contribution in [3.05, 3.63) is 35.1 Å². The molecule has 1 aliphatic rings. The quantitative estimate of drug-likeness (QED) is 0.728. The lowest BCUT2D eigenvalue weighted by Gasteiger charge is -2.09. The first-order valence-corrected chi connectivity index (χ1v) is 7.35. The van der Waals surface area contributed by atoms with Crippen LogP contribution >= 0.6 is 11.6 Å². The van der Waals surface area contributed by atoms with Gasteiger partial charge in [0.1, 0.15) is 11.5 Å².